The number of ether oxygens (including phenoxy) is 2. The van der Waals surface area contributed by atoms with E-state index < -0.39 is 18.5 Å². The predicted octanol–water partition coefficient (Wildman–Crippen LogP) is 2.50. The monoisotopic (exact) mass is 394 g/mol. The minimum Gasteiger partial charge on any atom is -0.452 e. The number of nitrogens with zero attached hydrogens (tertiary/aromatic N) is 4. The van der Waals surface area contributed by atoms with E-state index in [9.17, 15) is 9.59 Å². The molecule has 1 heterocycles. The lowest BCUT2D eigenvalue weighted by Crippen LogP contribution is -2.36. The number of carbonyl (C=O) groups excluding carboxylic acids is 2. The zero-order chi connectivity index (χ0) is 21.2. The Balaban J connectivity index is 2.21. The second kappa shape index (κ2) is 10.7. The molecule has 0 saturated carbocycles. The Hall–Kier alpha value is -3.49. The van der Waals surface area contributed by atoms with Crippen molar-refractivity contribution in [2.24, 2.45) is 0 Å². The molecule has 0 radical (unpaired) electrons. The molecule has 150 valence electrons. The molecule has 0 spiro atoms. The van der Waals surface area contributed by atoms with Crippen LogP contribution in [0.3, 0.4) is 0 Å². The van der Waals surface area contributed by atoms with Crippen LogP contribution in [-0.4, -0.2) is 48.6 Å². The third kappa shape index (κ3) is 5.50. The van der Waals surface area contributed by atoms with Gasteiger partial charge in [-0.25, -0.2) is 9.78 Å². The fraction of sp³-hybridized carbons (Fsp3) is 0.381. The summed E-state index contributed by atoms with van der Waals surface area (Å²) in [4.78, 5) is 31.0. The first-order chi connectivity index (χ1) is 14.0. The summed E-state index contributed by atoms with van der Waals surface area (Å²) in [6.45, 7) is 1.81. The standard InChI is InChI=1S/C21H22N4O4/c1-15-16-7-3-4-8-17(16)24-18(13-28-2)20(15)21(27)29-14-19(26)25(11-5-9-22)12-6-10-23/h3-4,7-8H,5-6,11-14H2,1-2H3. The summed E-state index contributed by atoms with van der Waals surface area (Å²) in [5, 5.41) is 18.3. The molecule has 0 unspecified atom stereocenters. The number of fused-ring (bicyclic) bond motifs is 1. The maximum atomic E-state index is 12.8. The van der Waals surface area contributed by atoms with Crippen LogP contribution in [0.15, 0.2) is 24.3 Å². The first kappa shape index (κ1) is 21.8. The number of benzene rings is 1. The van der Waals surface area contributed by atoms with Crippen LogP contribution in [0.1, 0.15) is 34.5 Å². The topological polar surface area (TPSA) is 116 Å². The zero-order valence-corrected chi connectivity index (χ0v) is 16.5. The molecule has 1 amide bonds. The van der Waals surface area contributed by atoms with Crippen LogP contribution in [0.5, 0.6) is 0 Å². The normalized spacial score (nSPS) is 10.2. The predicted molar refractivity (Wildman–Crippen MR) is 105 cm³/mol. The highest BCUT2D eigenvalue weighted by molar-refractivity contribution is 5.99. The van der Waals surface area contributed by atoms with E-state index >= 15 is 0 Å². The number of carbonyl (C=O) groups is 2. The van der Waals surface area contributed by atoms with Gasteiger partial charge in [-0.3, -0.25) is 4.79 Å². The quantitative estimate of drug-likeness (QED) is 0.600. The molecule has 8 heteroatoms. The number of methoxy groups -OCH3 is 1. The zero-order valence-electron chi connectivity index (χ0n) is 16.5. The molecule has 1 aromatic carbocycles. The molecule has 29 heavy (non-hydrogen) atoms. The van der Waals surface area contributed by atoms with Crippen LogP contribution >= 0.6 is 0 Å². The molecule has 0 aliphatic carbocycles. The van der Waals surface area contributed by atoms with E-state index in [2.05, 4.69) is 4.98 Å². The van der Waals surface area contributed by atoms with Crippen molar-refractivity contribution < 1.29 is 19.1 Å². The Morgan fingerprint density at radius 1 is 1.14 bits per heavy atom. The third-order valence-corrected chi connectivity index (χ3v) is 4.38. The fourth-order valence-electron chi connectivity index (χ4n) is 2.97. The summed E-state index contributed by atoms with van der Waals surface area (Å²) in [5.41, 5.74) is 2.15. The summed E-state index contributed by atoms with van der Waals surface area (Å²) >= 11 is 0. The van der Waals surface area contributed by atoms with Crippen LogP contribution < -0.4 is 0 Å². The highest BCUT2D eigenvalue weighted by Gasteiger charge is 2.22. The first-order valence-electron chi connectivity index (χ1n) is 9.09. The van der Waals surface area contributed by atoms with Gasteiger partial charge in [0, 0.05) is 25.6 Å². The minimum absolute atomic E-state index is 0.126. The average molecular weight is 394 g/mol. The lowest BCUT2D eigenvalue weighted by Gasteiger charge is -2.20. The van der Waals surface area contributed by atoms with Gasteiger partial charge in [-0.2, -0.15) is 10.5 Å². The average Bonchev–Trinajstić information content (AvgIpc) is 2.72. The number of amides is 1. The molecule has 0 aliphatic rings. The molecule has 2 aromatic rings. The summed E-state index contributed by atoms with van der Waals surface area (Å²) < 4.78 is 10.4. The molecule has 0 bridgehead atoms. The Kier molecular flexibility index (Phi) is 8.08. The summed E-state index contributed by atoms with van der Waals surface area (Å²) in [7, 11) is 1.51. The second-order valence-corrected chi connectivity index (χ2v) is 6.28. The van der Waals surface area contributed by atoms with E-state index in [4.69, 9.17) is 20.0 Å². The van der Waals surface area contributed by atoms with Crippen molar-refractivity contribution >= 4 is 22.8 Å². The number of rotatable bonds is 9. The molecule has 8 nitrogen and oxygen atoms in total. The Bertz CT molecular complexity index is 957. The lowest BCUT2D eigenvalue weighted by atomic mass is 10.0. The number of hydrogen-bond acceptors (Lipinski definition) is 7. The molecule has 0 N–H and O–H groups in total. The van der Waals surface area contributed by atoms with Crippen LogP contribution in [0.4, 0.5) is 0 Å². The SMILES string of the molecule is COCc1nc2ccccc2c(C)c1C(=O)OCC(=O)N(CCC#N)CCC#N. The number of nitriles is 2. The van der Waals surface area contributed by atoms with Gasteiger partial charge in [0.1, 0.15) is 0 Å². The van der Waals surface area contributed by atoms with E-state index in [0.29, 0.717) is 11.3 Å². The third-order valence-electron chi connectivity index (χ3n) is 4.38. The van der Waals surface area contributed by atoms with Gasteiger partial charge in [0.05, 0.1) is 48.4 Å². The van der Waals surface area contributed by atoms with Gasteiger partial charge in [-0.1, -0.05) is 18.2 Å². The van der Waals surface area contributed by atoms with Crippen molar-refractivity contribution in [2.45, 2.75) is 26.4 Å². The number of para-hydroxylation sites is 1. The smallest absolute Gasteiger partial charge is 0.340 e. The molecule has 0 aliphatic heterocycles. The molecule has 0 saturated heterocycles. The summed E-state index contributed by atoms with van der Waals surface area (Å²) in [6, 6.07) is 11.3. The maximum Gasteiger partial charge on any atom is 0.340 e. The van der Waals surface area contributed by atoms with Gasteiger partial charge in [-0.05, 0) is 18.6 Å². The Morgan fingerprint density at radius 2 is 1.79 bits per heavy atom. The van der Waals surface area contributed by atoms with Crippen LogP contribution in [-0.2, 0) is 20.9 Å². The van der Waals surface area contributed by atoms with Crippen LogP contribution in [0.2, 0.25) is 0 Å². The fourth-order valence-corrected chi connectivity index (χ4v) is 2.97. The van der Waals surface area contributed by atoms with Gasteiger partial charge < -0.3 is 14.4 Å². The molecule has 0 atom stereocenters. The van der Waals surface area contributed by atoms with Crippen molar-refractivity contribution in [3.05, 3.63) is 41.1 Å². The molecule has 2 rings (SSSR count). The molecule has 1 aromatic heterocycles. The van der Waals surface area contributed by atoms with Gasteiger partial charge in [0.15, 0.2) is 6.61 Å². The van der Waals surface area contributed by atoms with Gasteiger partial charge in [-0.15, -0.1) is 0 Å². The van der Waals surface area contributed by atoms with Crippen molar-refractivity contribution in [1.82, 2.24) is 9.88 Å². The second-order valence-electron chi connectivity index (χ2n) is 6.28. The highest BCUT2D eigenvalue weighted by atomic mass is 16.5. The number of aryl methyl sites for hydroxylation is 1. The lowest BCUT2D eigenvalue weighted by molar-refractivity contribution is -0.134. The van der Waals surface area contributed by atoms with E-state index in [0.717, 1.165) is 10.9 Å². The summed E-state index contributed by atoms with van der Waals surface area (Å²) in [6.07, 6.45) is 0.271. The summed E-state index contributed by atoms with van der Waals surface area (Å²) in [5.74, 6) is -1.12. The van der Waals surface area contributed by atoms with Crippen molar-refractivity contribution in [2.75, 3.05) is 26.8 Å². The molecule has 0 fully saturated rings. The van der Waals surface area contributed by atoms with Gasteiger partial charge in [0.2, 0.25) is 0 Å². The van der Waals surface area contributed by atoms with Crippen LogP contribution in [0.25, 0.3) is 10.9 Å². The van der Waals surface area contributed by atoms with Gasteiger partial charge >= 0.3 is 5.97 Å². The maximum absolute atomic E-state index is 12.8. The van der Waals surface area contributed by atoms with Crippen molar-refractivity contribution in [3.8, 4) is 12.1 Å². The van der Waals surface area contributed by atoms with Crippen LogP contribution in [0, 0.1) is 29.6 Å². The minimum atomic E-state index is -0.665. The highest BCUT2D eigenvalue weighted by Crippen LogP contribution is 2.24. The Morgan fingerprint density at radius 3 is 2.41 bits per heavy atom. The number of aromatic nitrogens is 1. The number of hydrogen-bond donors (Lipinski definition) is 0. The van der Waals surface area contributed by atoms with E-state index in [1.165, 1.54) is 12.0 Å². The molecular formula is C21H22N4O4. The number of pyridine rings is 1. The Labute approximate surface area is 169 Å². The van der Waals surface area contributed by atoms with Crippen molar-refractivity contribution in [1.29, 1.82) is 10.5 Å². The molecular weight excluding hydrogens is 372 g/mol. The van der Waals surface area contributed by atoms with E-state index in [1.807, 2.05) is 36.4 Å². The number of esters is 1. The van der Waals surface area contributed by atoms with E-state index in [-0.39, 0.29) is 38.1 Å². The van der Waals surface area contributed by atoms with Crippen molar-refractivity contribution in [3.63, 3.8) is 0 Å². The van der Waals surface area contributed by atoms with E-state index in [1.54, 1.807) is 6.92 Å². The first-order valence-corrected chi connectivity index (χ1v) is 9.09. The van der Waals surface area contributed by atoms with Gasteiger partial charge in [0.25, 0.3) is 5.91 Å². The largest absolute Gasteiger partial charge is 0.452 e.